The molecule has 4 rings (SSSR count). The van der Waals surface area contributed by atoms with Crippen molar-refractivity contribution in [3.05, 3.63) is 36.1 Å². The Morgan fingerprint density at radius 2 is 2.08 bits per heavy atom. The molecule has 0 amide bonds. The second-order valence-corrected chi connectivity index (χ2v) is 10.3. The number of hydrogen-bond acceptors (Lipinski definition) is 6. The third kappa shape index (κ3) is 3.53. The number of nitrogens with zero attached hydrogens (tertiary/aromatic N) is 4. The molecule has 1 aliphatic heterocycles. The molecule has 0 spiro atoms. The number of thioether (sulfide) groups is 1. The van der Waals surface area contributed by atoms with Crippen molar-refractivity contribution in [3.8, 4) is 0 Å². The summed E-state index contributed by atoms with van der Waals surface area (Å²) >= 11 is 3.21. The Morgan fingerprint density at radius 1 is 1.27 bits per heavy atom. The van der Waals surface area contributed by atoms with Gasteiger partial charge in [0.15, 0.2) is 5.16 Å². The summed E-state index contributed by atoms with van der Waals surface area (Å²) in [6.07, 6.45) is 5.52. The fourth-order valence-corrected chi connectivity index (χ4v) is 6.55. The van der Waals surface area contributed by atoms with Crippen LogP contribution in [-0.2, 0) is 17.1 Å². The van der Waals surface area contributed by atoms with Crippen molar-refractivity contribution in [1.82, 2.24) is 18.8 Å². The van der Waals surface area contributed by atoms with E-state index in [1.54, 1.807) is 46.0 Å². The number of sulfonamides is 1. The Bertz CT molecular complexity index is 1000. The molecular weight excluding hydrogens is 388 g/mol. The van der Waals surface area contributed by atoms with Crippen LogP contribution in [0.2, 0.25) is 0 Å². The third-order valence-corrected chi connectivity index (χ3v) is 8.72. The van der Waals surface area contributed by atoms with E-state index in [0.29, 0.717) is 23.9 Å². The number of imidazole rings is 1. The standard InChI is InChI=1S/C17H20N4O2S3/c1-20-9-6-18-17(20)24-11-13-4-7-21(8-5-13)26(22,23)14-2-3-15-16(10-14)25-12-19-15/h2-3,6,9-10,12-13H,4-5,7-8,11H2,1H3. The molecule has 0 radical (unpaired) electrons. The van der Waals surface area contributed by atoms with E-state index in [1.807, 2.05) is 17.8 Å². The van der Waals surface area contributed by atoms with Crippen molar-refractivity contribution in [3.63, 3.8) is 0 Å². The minimum atomic E-state index is -3.43. The van der Waals surface area contributed by atoms with Gasteiger partial charge in [-0.15, -0.1) is 11.3 Å². The average Bonchev–Trinajstić information content (AvgIpc) is 3.28. The molecule has 6 nitrogen and oxygen atoms in total. The first-order chi connectivity index (χ1) is 12.5. The van der Waals surface area contributed by atoms with E-state index < -0.39 is 10.0 Å². The van der Waals surface area contributed by atoms with Gasteiger partial charge in [-0.2, -0.15) is 4.31 Å². The number of benzene rings is 1. The van der Waals surface area contributed by atoms with Crippen LogP contribution in [0.5, 0.6) is 0 Å². The molecule has 138 valence electrons. The molecule has 0 saturated carbocycles. The topological polar surface area (TPSA) is 68.1 Å². The Labute approximate surface area is 161 Å². The smallest absolute Gasteiger partial charge is 0.243 e. The lowest BCUT2D eigenvalue weighted by atomic mass is 10.0. The van der Waals surface area contributed by atoms with Gasteiger partial charge in [-0.05, 0) is 37.0 Å². The Hall–Kier alpha value is -1.42. The molecule has 2 aromatic heterocycles. The molecule has 0 atom stereocenters. The molecular formula is C17H20N4O2S3. The second-order valence-electron chi connectivity index (χ2n) is 6.46. The quantitative estimate of drug-likeness (QED) is 0.607. The zero-order valence-corrected chi connectivity index (χ0v) is 16.9. The van der Waals surface area contributed by atoms with E-state index in [1.165, 1.54) is 11.3 Å². The predicted molar refractivity (Wildman–Crippen MR) is 105 cm³/mol. The lowest BCUT2D eigenvalue weighted by Crippen LogP contribution is -2.38. The maximum atomic E-state index is 12.9. The highest BCUT2D eigenvalue weighted by Gasteiger charge is 2.29. The third-order valence-electron chi connectivity index (χ3n) is 4.74. The van der Waals surface area contributed by atoms with E-state index in [0.717, 1.165) is 34.0 Å². The van der Waals surface area contributed by atoms with E-state index in [2.05, 4.69) is 9.97 Å². The van der Waals surface area contributed by atoms with Gasteiger partial charge in [0.25, 0.3) is 0 Å². The zero-order valence-electron chi connectivity index (χ0n) is 14.4. The summed E-state index contributed by atoms with van der Waals surface area (Å²) in [4.78, 5) is 8.91. The van der Waals surface area contributed by atoms with Crippen LogP contribution in [0, 0.1) is 5.92 Å². The van der Waals surface area contributed by atoms with Gasteiger partial charge in [-0.1, -0.05) is 11.8 Å². The summed E-state index contributed by atoms with van der Waals surface area (Å²) in [7, 11) is -1.44. The average molecular weight is 409 g/mol. The number of rotatable bonds is 5. The van der Waals surface area contributed by atoms with Gasteiger partial charge >= 0.3 is 0 Å². The minimum absolute atomic E-state index is 0.370. The Morgan fingerprint density at radius 3 is 2.81 bits per heavy atom. The molecule has 9 heteroatoms. The first-order valence-corrected chi connectivity index (χ1v) is 11.8. The van der Waals surface area contributed by atoms with Crippen LogP contribution in [0.3, 0.4) is 0 Å². The van der Waals surface area contributed by atoms with Crippen molar-refractivity contribution in [1.29, 1.82) is 0 Å². The number of thiazole rings is 1. The van der Waals surface area contributed by atoms with Gasteiger partial charge in [-0.3, -0.25) is 0 Å². The molecule has 3 aromatic rings. The fourth-order valence-electron chi connectivity index (χ4n) is 3.14. The Kier molecular flexibility index (Phi) is 5.05. The normalized spacial score (nSPS) is 17.1. The number of aryl methyl sites for hydroxylation is 1. The summed E-state index contributed by atoms with van der Waals surface area (Å²) in [5.41, 5.74) is 2.59. The number of aromatic nitrogens is 3. The van der Waals surface area contributed by atoms with Crippen molar-refractivity contribution in [2.45, 2.75) is 22.9 Å². The lowest BCUT2D eigenvalue weighted by molar-refractivity contribution is 0.291. The molecule has 0 N–H and O–H groups in total. The molecule has 1 saturated heterocycles. The monoisotopic (exact) mass is 408 g/mol. The van der Waals surface area contributed by atoms with Gasteiger partial charge < -0.3 is 4.57 Å². The van der Waals surface area contributed by atoms with Gasteiger partial charge in [0.05, 0.1) is 20.6 Å². The van der Waals surface area contributed by atoms with E-state index in [4.69, 9.17) is 0 Å². The molecule has 0 bridgehead atoms. The van der Waals surface area contributed by atoms with Crippen molar-refractivity contribution >= 4 is 43.3 Å². The fraction of sp³-hybridized carbons (Fsp3) is 0.412. The summed E-state index contributed by atoms with van der Waals surface area (Å²) in [5, 5.41) is 1.01. The number of hydrogen-bond donors (Lipinski definition) is 0. The summed E-state index contributed by atoms with van der Waals surface area (Å²) in [6.45, 7) is 1.16. The van der Waals surface area contributed by atoms with Crippen LogP contribution < -0.4 is 0 Å². The number of fused-ring (bicyclic) bond motifs is 1. The predicted octanol–water partition coefficient (Wildman–Crippen LogP) is 3.22. The second kappa shape index (κ2) is 7.30. The first kappa shape index (κ1) is 18.0. The highest BCUT2D eigenvalue weighted by atomic mass is 32.2. The van der Waals surface area contributed by atoms with Crippen LogP contribution in [0.15, 0.2) is 46.2 Å². The van der Waals surface area contributed by atoms with Crippen LogP contribution in [-0.4, -0.2) is 46.1 Å². The maximum Gasteiger partial charge on any atom is 0.243 e. The van der Waals surface area contributed by atoms with Gasteiger partial charge in [0, 0.05) is 38.3 Å². The van der Waals surface area contributed by atoms with Crippen LogP contribution in [0.25, 0.3) is 10.2 Å². The molecule has 3 heterocycles. The van der Waals surface area contributed by atoms with Gasteiger partial charge in [-0.25, -0.2) is 18.4 Å². The van der Waals surface area contributed by atoms with E-state index >= 15 is 0 Å². The Balaban J connectivity index is 1.39. The minimum Gasteiger partial charge on any atom is -0.329 e. The molecule has 26 heavy (non-hydrogen) atoms. The van der Waals surface area contributed by atoms with Crippen LogP contribution >= 0.6 is 23.1 Å². The summed E-state index contributed by atoms with van der Waals surface area (Å²) in [5.74, 6) is 1.50. The highest BCUT2D eigenvalue weighted by molar-refractivity contribution is 7.99. The highest BCUT2D eigenvalue weighted by Crippen LogP contribution is 2.29. The zero-order chi connectivity index (χ0) is 18.1. The first-order valence-electron chi connectivity index (χ1n) is 8.47. The van der Waals surface area contributed by atoms with Gasteiger partial charge in [0.1, 0.15) is 0 Å². The maximum absolute atomic E-state index is 12.9. The van der Waals surface area contributed by atoms with Crippen LogP contribution in [0.1, 0.15) is 12.8 Å². The number of piperidine rings is 1. The van der Waals surface area contributed by atoms with Crippen LogP contribution in [0.4, 0.5) is 0 Å². The van der Waals surface area contributed by atoms with E-state index in [-0.39, 0.29) is 0 Å². The summed E-state index contributed by atoms with van der Waals surface area (Å²) < 4.78 is 30.4. The van der Waals surface area contributed by atoms with Crippen molar-refractivity contribution in [2.24, 2.45) is 13.0 Å². The molecule has 1 aromatic carbocycles. The van der Waals surface area contributed by atoms with Crippen molar-refractivity contribution in [2.75, 3.05) is 18.8 Å². The lowest BCUT2D eigenvalue weighted by Gasteiger charge is -2.31. The van der Waals surface area contributed by atoms with Crippen molar-refractivity contribution < 1.29 is 8.42 Å². The molecule has 0 unspecified atom stereocenters. The molecule has 1 aliphatic rings. The van der Waals surface area contributed by atoms with E-state index in [9.17, 15) is 8.42 Å². The molecule has 0 aliphatic carbocycles. The summed E-state index contributed by atoms with van der Waals surface area (Å²) in [6, 6.07) is 5.20. The molecule has 1 fully saturated rings. The largest absolute Gasteiger partial charge is 0.329 e. The SMILES string of the molecule is Cn1ccnc1SCC1CCN(S(=O)(=O)c2ccc3ncsc3c2)CC1. The van der Waals surface area contributed by atoms with Gasteiger partial charge in [0.2, 0.25) is 10.0 Å².